The summed E-state index contributed by atoms with van der Waals surface area (Å²) in [6, 6.07) is 7.08. The van der Waals surface area contributed by atoms with Gasteiger partial charge in [0.25, 0.3) is 0 Å². The minimum absolute atomic E-state index is 0.0989. The number of nitrogens with one attached hydrogen (secondary N) is 2. The second-order valence-electron chi connectivity index (χ2n) is 5.20. The second kappa shape index (κ2) is 5.51. The molecule has 2 N–H and O–H groups in total. The molecule has 1 amide bonds. The van der Waals surface area contributed by atoms with Crippen LogP contribution in [0.3, 0.4) is 0 Å². The molecule has 1 aliphatic heterocycles. The molecule has 2 aliphatic rings. The van der Waals surface area contributed by atoms with Crippen molar-refractivity contribution >= 4 is 27.5 Å². The molecule has 1 saturated carbocycles. The number of benzene rings is 1. The van der Waals surface area contributed by atoms with Gasteiger partial charge in [-0.05, 0) is 30.5 Å². The lowest BCUT2D eigenvalue weighted by Gasteiger charge is -2.29. The van der Waals surface area contributed by atoms with Crippen LogP contribution in [0.4, 0.5) is 5.69 Å². The Morgan fingerprint density at radius 3 is 2.95 bits per heavy atom. The van der Waals surface area contributed by atoms with Crippen LogP contribution in [0, 0.1) is 0 Å². The molecule has 1 aromatic rings. The van der Waals surface area contributed by atoms with Crippen LogP contribution in [0.5, 0.6) is 0 Å². The number of halogens is 1. The van der Waals surface area contributed by atoms with E-state index in [0.29, 0.717) is 6.54 Å². The van der Waals surface area contributed by atoms with Gasteiger partial charge in [0.1, 0.15) is 0 Å². The Morgan fingerprint density at radius 2 is 2.26 bits per heavy atom. The number of anilines is 1. The molecule has 1 saturated heterocycles. The first-order valence-electron chi connectivity index (χ1n) is 6.76. The van der Waals surface area contributed by atoms with Crippen LogP contribution in [-0.2, 0) is 11.3 Å². The van der Waals surface area contributed by atoms with Crippen molar-refractivity contribution in [1.29, 1.82) is 0 Å². The third-order valence-corrected chi connectivity index (χ3v) is 4.34. The summed E-state index contributed by atoms with van der Waals surface area (Å²) in [6.45, 7) is 2.96. The zero-order chi connectivity index (χ0) is 13.2. The largest absolute Gasteiger partial charge is 0.360 e. The van der Waals surface area contributed by atoms with Crippen LogP contribution >= 0.6 is 15.9 Å². The lowest BCUT2D eigenvalue weighted by Crippen LogP contribution is -2.47. The topological polar surface area (TPSA) is 44.4 Å². The zero-order valence-electron chi connectivity index (χ0n) is 10.8. The van der Waals surface area contributed by atoms with Crippen LogP contribution in [0.15, 0.2) is 22.7 Å². The van der Waals surface area contributed by atoms with Gasteiger partial charge in [0.2, 0.25) is 5.91 Å². The summed E-state index contributed by atoms with van der Waals surface area (Å²) in [6.07, 6.45) is 2.61. The molecule has 1 aliphatic carbocycles. The molecule has 0 bridgehead atoms. The molecule has 0 atom stereocenters. The molecule has 0 unspecified atom stereocenters. The summed E-state index contributed by atoms with van der Waals surface area (Å²) in [5.74, 6) is 0.0989. The average Bonchev–Trinajstić information content (AvgIpc) is 3.21. The zero-order valence-corrected chi connectivity index (χ0v) is 12.4. The maximum absolute atomic E-state index is 11.4. The molecule has 0 spiro atoms. The van der Waals surface area contributed by atoms with Crippen molar-refractivity contribution in [2.75, 3.05) is 24.5 Å². The van der Waals surface area contributed by atoms with Gasteiger partial charge in [-0.2, -0.15) is 0 Å². The molecule has 0 radical (unpaired) electrons. The highest BCUT2D eigenvalue weighted by atomic mass is 79.9. The molecule has 3 rings (SSSR count). The van der Waals surface area contributed by atoms with Crippen LogP contribution in [0.2, 0.25) is 0 Å². The summed E-state index contributed by atoms with van der Waals surface area (Å²) in [4.78, 5) is 13.5. The van der Waals surface area contributed by atoms with Gasteiger partial charge in [0.05, 0.1) is 6.54 Å². The smallest absolute Gasteiger partial charge is 0.239 e. The second-order valence-corrected chi connectivity index (χ2v) is 6.06. The van der Waals surface area contributed by atoms with Gasteiger partial charge < -0.3 is 15.5 Å². The minimum Gasteiger partial charge on any atom is -0.360 e. The van der Waals surface area contributed by atoms with Gasteiger partial charge in [-0.15, -0.1) is 0 Å². The van der Waals surface area contributed by atoms with Crippen molar-refractivity contribution in [1.82, 2.24) is 10.6 Å². The van der Waals surface area contributed by atoms with Gasteiger partial charge in [-0.25, -0.2) is 0 Å². The van der Waals surface area contributed by atoms with Crippen LogP contribution in [0.1, 0.15) is 18.4 Å². The van der Waals surface area contributed by atoms with E-state index in [1.54, 1.807) is 0 Å². The molecule has 1 aromatic carbocycles. The minimum atomic E-state index is 0.0989. The SMILES string of the molecule is O=C1CN(c2ccc(CNC3CC3)c(Br)c2)CCN1. The first kappa shape index (κ1) is 12.9. The van der Waals surface area contributed by atoms with Crippen molar-refractivity contribution < 1.29 is 4.79 Å². The van der Waals surface area contributed by atoms with E-state index in [1.807, 2.05) is 0 Å². The van der Waals surface area contributed by atoms with E-state index in [2.05, 4.69) is 49.7 Å². The molecule has 0 aromatic heterocycles. The lowest BCUT2D eigenvalue weighted by atomic mass is 10.2. The van der Waals surface area contributed by atoms with Gasteiger partial charge in [0, 0.05) is 35.8 Å². The predicted octanol–water partition coefficient (Wildman–Crippen LogP) is 1.64. The summed E-state index contributed by atoms with van der Waals surface area (Å²) in [5.41, 5.74) is 2.38. The summed E-state index contributed by atoms with van der Waals surface area (Å²) in [5, 5.41) is 6.36. The highest BCUT2D eigenvalue weighted by molar-refractivity contribution is 9.10. The lowest BCUT2D eigenvalue weighted by molar-refractivity contribution is -0.120. The predicted molar refractivity (Wildman–Crippen MR) is 79.2 cm³/mol. The Balaban J connectivity index is 1.68. The van der Waals surface area contributed by atoms with Crippen LogP contribution < -0.4 is 15.5 Å². The van der Waals surface area contributed by atoms with E-state index in [1.165, 1.54) is 18.4 Å². The number of amides is 1. The Morgan fingerprint density at radius 1 is 1.42 bits per heavy atom. The van der Waals surface area contributed by atoms with E-state index in [4.69, 9.17) is 0 Å². The molecule has 4 nitrogen and oxygen atoms in total. The normalized spacial score (nSPS) is 19.4. The molecule has 2 fully saturated rings. The standard InChI is InChI=1S/C14H18BrN3O/c15-13-7-12(18-6-5-16-14(19)9-18)4-1-10(13)8-17-11-2-3-11/h1,4,7,11,17H,2-3,5-6,8-9H2,(H,16,19). The van der Waals surface area contributed by atoms with Crippen molar-refractivity contribution in [2.24, 2.45) is 0 Å². The first-order valence-corrected chi connectivity index (χ1v) is 7.55. The fraction of sp³-hybridized carbons (Fsp3) is 0.500. The van der Waals surface area contributed by atoms with Gasteiger partial charge in [-0.1, -0.05) is 22.0 Å². The van der Waals surface area contributed by atoms with Crippen LogP contribution in [0.25, 0.3) is 0 Å². The number of hydrogen-bond acceptors (Lipinski definition) is 3. The van der Waals surface area contributed by atoms with E-state index in [0.717, 1.165) is 35.8 Å². The molecular weight excluding hydrogens is 306 g/mol. The molecule has 19 heavy (non-hydrogen) atoms. The molecule has 5 heteroatoms. The van der Waals surface area contributed by atoms with E-state index < -0.39 is 0 Å². The van der Waals surface area contributed by atoms with E-state index >= 15 is 0 Å². The van der Waals surface area contributed by atoms with Crippen LogP contribution in [-0.4, -0.2) is 31.6 Å². The van der Waals surface area contributed by atoms with Crippen molar-refractivity contribution in [3.63, 3.8) is 0 Å². The number of piperazine rings is 1. The maximum Gasteiger partial charge on any atom is 0.239 e. The quantitative estimate of drug-likeness (QED) is 0.885. The van der Waals surface area contributed by atoms with Gasteiger partial charge in [-0.3, -0.25) is 4.79 Å². The Bertz CT molecular complexity index is 488. The molecule has 1 heterocycles. The van der Waals surface area contributed by atoms with E-state index in [9.17, 15) is 4.79 Å². The summed E-state index contributed by atoms with van der Waals surface area (Å²) < 4.78 is 1.11. The summed E-state index contributed by atoms with van der Waals surface area (Å²) >= 11 is 3.63. The molecular formula is C14H18BrN3O. The van der Waals surface area contributed by atoms with Crippen molar-refractivity contribution in [3.8, 4) is 0 Å². The number of rotatable bonds is 4. The fourth-order valence-electron chi connectivity index (χ4n) is 2.28. The number of nitrogens with zero attached hydrogens (tertiary/aromatic N) is 1. The highest BCUT2D eigenvalue weighted by Crippen LogP contribution is 2.26. The van der Waals surface area contributed by atoms with Crippen molar-refractivity contribution in [3.05, 3.63) is 28.2 Å². The molecule has 102 valence electrons. The van der Waals surface area contributed by atoms with Gasteiger partial charge in [0.15, 0.2) is 0 Å². The monoisotopic (exact) mass is 323 g/mol. The number of hydrogen-bond donors (Lipinski definition) is 2. The maximum atomic E-state index is 11.4. The fourth-order valence-corrected chi connectivity index (χ4v) is 2.78. The Kier molecular flexibility index (Phi) is 3.75. The van der Waals surface area contributed by atoms with E-state index in [-0.39, 0.29) is 5.91 Å². The highest BCUT2D eigenvalue weighted by Gasteiger charge is 2.21. The Hall–Kier alpha value is -1.07. The first-order chi connectivity index (χ1) is 9.22. The summed E-state index contributed by atoms with van der Waals surface area (Å²) in [7, 11) is 0. The third-order valence-electron chi connectivity index (χ3n) is 3.60. The average molecular weight is 324 g/mol. The Labute approximate surface area is 121 Å². The number of carbonyl (C=O) groups is 1. The van der Waals surface area contributed by atoms with Crippen molar-refractivity contribution in [2.45, 2.75) is 25.4 Å². The number of carbonyl (C=O) groups excluding carboxylic acids is 1. The van der Waals surface area contributed by atoms with Gasteiger partial charge >= 0.3 is 0 Å². The third kappa shape index (κ3) is 3.28.